The summed E-state index contributed by atoms with van der Waals surface area (Å²) in [5, 5.41) is 20.1. The number of halogens is 5. The number of nitrogens with one attached hydrogen (secondary N) is 1. The van der Waals surface area contributed by atoms with E-state index in [1.807, 2.05) is 12.1 Å². The second-order valence-corrected chi connectivity index (χ2v) is 7.53. The lowest BCUT2D eigenvalue weighted by Gasteiger charge is -2.23. The van der Waals surface area contributed by atoms with E-state index in [0.29, 0.717) is 11.5 Å². The van der Waals surface area contributed by atoms with Crippen molar-refractivity contribution in [3.05, 3.63) is 40.7 Å². The van der Waals surface area contributed by atoms with Gasteiger partial charge >= 0.3 is 6.18 Å². The van der Waals surface area contributed by atoms with E-state index in [2.05, 4.69) is 14.7 Å². The zero-order valence-electron chi connectivity index (χ0n) is 15.0. The maximum atomic E-state index is 13.8. The van der Waals surface area contributed by atoms with Crippen molar-refractivity contribution in [1.29, 1.82) is 10.5 Å². The number of carbonyl (C=O) groups is 1. The Hall–Kier alpha value is -3.12. The first-order chi connectivity index (χ1) is 14.0. The summed E-state index contributed by atoms with van der Waals surface area (Å²) in [5.74, 6) is -7.21. The van der Waals surface area contributed by atoms with Gasteiger partial charge in [0.1, 0.15) is 12.1 Å². The molecular weight excluding hydrogens is 429 g/mol. The third-order valence-corrected chi connectivity index (χ3v) is 5.38. The molecule has 2 atom stereocenters. The van der Waals surface area contributed by atoms with E-state index >= 15 is 0 Å². The highest BCUT2D eigenvalue weighted by molar-refractivity contribution is 7.09. The van der Waals surface area contributed by atoms with Gasteiger partial charge in [0.25, 0.3) is 0 Å². The third kappa shape index (κ3) is 4.54. The Bertz CT molecular complexity index is 1050. The van der Waals surface area contributed by atoms with Crippen molar-refractivity contribution in [2.75, 3.05) is 5.32 Å². The monoisotopic (exact) mass is 441 g/mol. The average molecular weight is 441 g/mol. The number of hydrogen-bond donors (Lipinski definition) is 1. The molecule has 1 fully saturated rings. The summed E-state index contributed by atoms with van der Waals surface area (Å²) in [5.41, 5.74) is 0.232. The zero-order valence-corrected chi connectivity index (χ0v) is 15.8. The van der Waals surface area contributed by atoms with Crippen LogP contribution in [0.15, 0.2) is 18.2 Å². The number of aromatic nitrogens is 2. The van der Waals surface area contributed by atoms with Crippen LogP contribution in [0.4, 0.5) is 27.1 Å². The van der Waals surface area contributed by atoms with E-state index in [1.165, 1.54) is 18.2 Å². The van der Waals surface area contributed by atoms with Crippen molar-refractivity contribution in [2.24, 2.45) is 5.92 Å². The van der Waals surface area contributed by atoms with Crippen molar-refractivity contribution in [2.45, 2.75) is 37.3 Å². The summed E-state index contributed by atoms with van der Waals surface area (Å²) < 4.78 is 68.7. The van der Waals surface area contributed by atoms with Crippen LogP contribution in [0.2, 0.25) is 0 Å². The number of benzene rings is 1. The Balaban J connectivity index is 1.94. The third-order valence-electron chi connectivity index (χ3n) is 4.75. The molecule has 0 radical (unpaired) electrons. The molecular formula is C18H12F5N5OS. The van der Waals surface area contributed by atoms with Gasteiger partial charge in [0, 0.05) is 24.4 Å². The lowest BCUT2D eigenvalue weighted by atomic mass is 9.83. The van der Waals surface area contributed by atoms with Crippen LogP contribution >= 0.6 is 11.5 Å². The quantitative estimate of drug-likeness (QED) is 0.706. The Morgan fingerprint density at radius 1 is 1.27 bits per heavy atom. The summed E-state index contributed by atoms with van der Waals surface area (Å²) in [6, 6.07) is 7.56. The van der Waals surface area contributed by atoms with Crippen LogP contribution in [0.25, 0.3) is 0 Å². The van der Waals surface area contributed by atoms with Gasteiger partial charge in [0.15, 0.2) is 0 Å². The Kier molecular flexibility index (Phi) is 5.72. The highest BCUT2D eigenvalue weighted by Crippen LogP contribution is 2.46. The molecule has 3 rings (SSSR count). The molecule has 2 aromatic rings. The van der Waals surface area contributed by atoms with E-state index in [9.17, 15) is 32.0 Å². The van der Waals surface area contributed by atoms with E-state index < -0.39 is 53.6 Å². The standard InChI is InChI=1S/C18H12F5N5OS/c19-17(20)4-3-10(6-17)13(9-1-2-11(7-24)12(5-9)8-25)14(29)26-16-27-15(28-30-16)18(21,22)23/h1-2,5,10,13H,3-4,6H2,(H,26,27,28,29)/t10-,13-/m0/s1. The predicted molar refractivity (Wildman–Crippen MR) is 94.4 cm³/mol. The fourth-order valence-corrected chi connectivity index (χ4v) is 4.02. The minimum atomic E-state index is -4.79. The first-order valence-corrected chi connectivity index (χ1v) is 9.35. The number of carbonyl (C=O) groups excluding carboxylic acids is 1. The van der Waals surface area contributed by atoms with Crippen molar-refractivity contribution < 1.29 is 26.7 Å². The SMILES string of the molecule is N#Cc1ccc([C@H](C(=O)Nc2nc(C(F)(F)F)ns2)[C@H]2CCC(F)(F)C2)cc1C#N. The van der Waals surface area contributed by atoms with Gasteiger partial charge in [0.05, 0.1) is 17.0 Å². The zero-order chi connectivity index (χ0) is 22.1. The fourth-order valence-electron chi connectivity index (χ4n) is 3.42. The molecule has 30 heavy (non-hydrogen) atoms. The molecule has 1 heterocycles. The molecule has 1 aromatic carbocycles. The number of nitriles is 2. The van der Waals surface area contributed by atoms with Crippen LogP contribution in [-0.2, 0) is 11.0 Å². The van der Waals surface area contributed by atoms with Gasteiger partial charge in [-0.2, -0.15) is 33.1 Å². The highest BCUT2D eigenvalue weighted by atomic mass is 32.1. The maximum Gasteiger partial charge on any atom is 0.452 e. The van der Waals surface area contributed by atoms with Crippen molar-refractivity contribution in [1.82, 2.24) is 9.36 Å². The maximum absolute atomic E-state index is 13.8. The molecule has 1 aliphatic rings. The second-order valence-electron chi connectivity index (χ2n) is 6.78. The van der Waals surface area contributed by atoms with Gasteiger partial charge in [-0.05, 0) is 30.0 Å². The number of anilines is 1. The first kappa shape index (κ1) is 21.6. The van der Waals surface area contributed by atoms with Gasteiger partial charge in [-0.25, -0.2) is 8.78 Å². The van der Waals surface area contributed by atoms with Crippen molar-refractivity contribution in [3.8, 4) is 12.1 Å². The highest BCUT2D eigenvalue weighted by Gasteiger charge is 2.45. The van der Waals surface area contributed by atoms with E-state index in [4.69, 9.17) is 5.26 Å². The molecule has 1 N–H and O–H groups in total. The first-order valence-electron chi connectivity index (χ1n) is 8.58. The van der Waals surface area contributed by atoms with Gasteiger partial charge < -0.3 is 5.32 Å². The Morgan fingerprint density at radius 3 is 2.50 bits per heavy atom. The molecule has 1 amide bonds. The summed E-state index contributed by atoms with van der Waals surface area (Å²) in [4.78, 5) is 16.1. The lowest BCUT2D eigenvalue weighted by Crippen LogP contribution is -2.27. The van der Waals surface area contributed by atoms with Crippen LogP contribution in [0.3, 0.4) is 0 Å². The minimum Gasteiger partial charge on any atom is -0.300 e. The molecule has 1 aromatic heterocycles. The van der Waals surface area contributed by atoms with Crippen molar-refractivity contribution >= 4 is 22.6 Å². The molecule has 0 spiro atoms. The normalized spacial score (nSPS) is 19.0. The topological polar surface area (TPSA) is 102 Å². The van der Waals surface area contributed by atoms with Crippen LogP contribution in [0, 0.1) is 28.6 Å². The molecule has 0 unspecified atom stereocenters. The van der Waals surface area contributed by atoms with E-state index in [1.54, 1.807) is 0 Å². The number of hydrogen-bond acceptors (Lipinski definition) is 6. The summed E-state index contributed by atoms with van der Waals surface area (Å²) >= 11 is 0.317. The number of amides is 1. The number of rotatable bonds is 4. The van der Waals surface area contributed by atoms with Crippen LogP contribution in [0.1, 0.15) is 47.7 Å². The molecule has 6 nitrogen and oxygen atoms in total. The van der Waals surface area contributed by atoms with E-state index in [-0.39, 0.29) is 23.1 Å². The molecule has 156 valence electrons. The summed E-state index contributed by atoms with van der Waals surface area (Å²) in [7, 11) is 0. The Labute approximate surface area is 171 Å². The van der Waals surface area contributed by atoms with E-state index in [0.717, 1.165) is 0 Å². The molecule has 1 aliphatic carbocycles. The summed E-state index contributed by atoms with van der Waals surface area (Å²) in [6.45, 7) is 0. The molecule has 1 saturated carbocycles. The molecule has 12 heteroatoms. The lowest BCUT2D eigenvalue weighted by molar-refractivity contribution is -0.144. The van der Waals surface area contributed by atoms with Crippen LogP contribution in [0.5, 0.6) is 0 Å². The number of alkyl halides is 5. The predicted octanol–water partition coefficient (Wildman–Crippen LogP) is 4.46. The number of nitrogens with zero attached hydrogens (tertiary/aromatic N) is 4. The van der Waals surface area contributed by atoms with Gasteiger partial charge in [-0.3, -0.25) is 4.79 Å². The van der Waals surface area contributed by atoms with Crippen LogP contribution < -0.4 is 5.32 Å². The largest absolute Gasteiger partial charge is 0.452 e. The van der Waals surface area contributed by atoms with Gasteiger partial charge in [-0.1, -0.05) is 6.07 Å². The molecule has 0 aliphatic heterocycles. The minimum absolute atomic E-state index is 0.0108. The second kappa shape index (κ2) is 7.95. The molecule has 0 saturated heterocycles. The van der Waals surface area contributed by atoms with Crippen molar-refractivity contribution in [3.63, 3.8) is 0 Å². The smallest absolute Gasteiger partial charge is 0.300 e. The average Bonchev–Trinajstić information content (AvgIpc) is 3.28. The Morgan fingerprint density at radius 2 is 1.97 bits per heavy atom. The van der Waals surface area contributed by atoms with Gasteiger partial charge in [-0.15, -0.1) is 0 Å². The summed E-state index contributed by atoms with van der Waals surface area (Å²) in [6.07, 6.45) is -5.80. The fraction of sp³-hybridized carbons (Fsp3) is 0.389. The van der Waals surface area contributed by atoms with Gasteiger partial charge in [0.2, 0.25) is 22.8 Å². The van der Waals surface area contributed by atoms with Crippen LogP contribution in [-0.4, -0.2) is 21.2 Å². The molecule has 0 bridgehead atoms.